The molecule has 0 aromatic heterocycles. The number of para-hydroxylation sites is 1. The van der Waals surface area contributed by atoms with Crippen molar-refractivity contribution in [2.75, 3.05) is 27.2 Å². The normalized spacial score (nSPS) is 12.3. The van der Waals surface area contributed by atoms with Gasteiger partial charge in [-0.25, -0.2) is 0 Å². The van der Waals surface area contributed by atoms with Crippen molar-refractivity contribution in [3.63, 3.8) is 0 Å². The Labute approximate surface area is 114 Å². The van der Waals surface area contributed by atoms with E-state index in [0.717, 1.165) is 17.9 Å². The number of hydrogen-bond donors (Lipinski definition) is 2. The molecule has 0 heterocycles. The van der Waals surface area contributed by atoms with Gasteiger partial charge in [0.15, 0.2) is 0 Å². The van der Waals surface area contributed by atoms with Crippen molar-refractivity contribution in [1.82, 2.24) is 10.2 Å². The van der Waals surface area contributed by atoms with Gasteiger partial charge in [-0.3, -0.25) is 4.79 Å². The number of carbonyl (C=O) groups excluding carboxylic acids is 1. The highest BCUT2D eigenvalue weighted by Gasteiger charge is 2.08. The molecule has 1 atom stereocenters. The first-order valence-electron chi connectivity index (χ1n) is 6.39. The van der Waals surface area contributed by atoms with Gasteiger partial charge < -0.3 is 20.7 Å². The van der Waals surface area contributed by atoms with E-state index in [1.54, 1.807) is 6.92 Å². The number of nitrogens with one attached hydrogen (secondary N) is 1. The summed E-state index contributed by atoms with van der Waals surface area (Å²) in [4.78, 5) is 13.5. The van der Waals surface area contributed by atoms with Gasteiger partial charge in [0.1, 0.15) is 12.4 Å². The first kappa shape index (κ1) is 15.5. The highest BCUT2D eigenvalue weighted by Crippen LogP contribution is 2.17. The molecule has 0 radical (unpaired) electrons. The molecule has 0 spiro atoms. The second kappa shape index (κ2) is 7.76. The minimum atomic E-state index is -0.498. The van der Waals surface area contributed by atoms with Gasteiger partial charge in [0.2, 0.25) is 5.91 Å². The minimum Gasteiger partial charge on any atom is -0.492 e. The SMILES string of the molecule is C[C@@H](N)C(=O)NCc1ccccc1OCCN(C)C. The number of hydrogen-bond acceptors (Lipinski definition) is 4. The molecule has 0 aliphatic carbocycles. The molecule has 106 valence electrons. The molecule has 1 rings (SSSR count). The Morgan fingerprint density at radius 2 is 2.11 bits per heavy atom. The lowest BCUT2D eigenvalue weighted by atomic mass is 10.2. The highest BCUT2D eigenvalue weighted by molar-refractivity contribution is 5.80. The van der Waals surface area contributed by atoms with Crippen molar-refractivity contribution in [3.05, 3.63) is 29.8 Å². The van der Waals surface area contributed by atoms with Gasteiger partial charge in [-0.15, -0.1) is 0 Å². The number of nitrogens with two attached hydrogens (primary N) is 1. The Kier molecular flexibility index (Phi) is 6.32. The average Bonchev–Trinajstić information content (AvgIpc) is 2.36. The molecule has 0 aliphatic rings. The van der Waals surface area contributed by atoms with E-state index in [-0.39, 0.29) is 5.91 Å². The van der Waals surface area contributed by atoms with Crippen LogP contribution in [0.25, 0.3) is 0 Å². The van der Waals surface area contributed by atoms with Crippen molar-refractivity contribution in [3.8, 4) is 5.75 Å². The van der Waals surface area contributed by atoms with Crippen LogP contribution in [-0.4, -0.2) is 44.1 Å². The maximum absolute atomic E-state index is 11.4. The van der Waals surface area contributed by atoms with Crippen LogP contribution in [0.15, 0.2) is 24.3 Å². The topological polar surface area (TPSA) is 67.6 Å². The van der Waals surface area contributed by atoms with E-state index in [2.05, 4.69) is 10.2 Å². The molecule has 5 heteroatoms. The maximum atomic E-state index is 11.4. The summed E-state index contributed by atoms with van der Waals surface area (Å²) in [7, 11) is 4.00. The van der Waals surface area contributed by atoms with Crippen LogP contribution in [0.3, 0.4) is 0 Å². The summed E-state index contributed by atoms with van der Waals surface area (Å²) in [5.41, 5.74) is 6.46. The summed E-state index contributed by atoms with van der Waals surface area (Å²) >= 11 is 0. The molecule has 0 bridgehead atoms. The van der Waals surface area contributed by atoms with E-state index in [1.807, 2.05) is 38.4 Å². The summed E-state index contributed by atoms with van der Waals surface area (Å²) in [6, 6.07) is 7.19. The van der Waals surface area contributed by atoms with Crippen LogP contribution in [0, 0.1) is 0 Å². The Hall–Kier alpha value is -1.59. The third-order valence-corrected chi connectivity index (χ3v) is 2.64. The molecule has 0 fully saturated rings. The molecule has 1 amide bonds. The molecule has 1 aromatic carbocycles. The van der Waals surface area contributed by atoms with Gasteiger partial charge in [0.05, 0.1) is 6.04 Å². The molecular weight excluding hydrogens is 242 g/mol. The van der Waals surface area contributed by atoms with Crippen molar-refractivity contribution in [2.45, 2.75) is 19.5 Å². The summed E-state index contributed by atoms with van der Waals surface area (Å²) in [6.45, 7) is 3.55. The van der Waals surface area contributed by atoms with Crippen LogP contribution in [0.5, 0.6) is 5.75 Å². The second-order valence-corrected chi connectivity index (χ2v) is 4.77. The van der Waals surface area contributed by atoms with Crippen molar-refractivity contribution >= 4 is 5.91 Å². The molecular formula is C14H23N3O2. The van der Waals surface area contributed by atoms with Crippen LogP contribution < -0.4 is 15.8 Å². The lowest BCUT2D eigenvalue weighted by Crippen LogP contribution is -2.37. The van der Waals surface area contributed by atoms with Gasteiger partial charge >= 0.3 is 0 Å². The minimum absolute atomic E-state index is 0.164. The molecule has 0 aliphatic heterocycles. The largest absolute Gasteiger partial charge is 0.492 e. The molecule has 0 saturated carbocycles. The van der Waals surface area contributed by atoms with E-state index in [1.165, 1.54) is 0 Å². The first-order chi connectivity index (χ1) is 9.00. The molecule has 19 heavy (non-hydrogen) atoms. The van der Waals surface area contributed by atoms with E-state index >= 15 is 0 Å². The fourth-order valence-electron chi connectivity index (χ4n) is 1.47. The summed E-state index contributed by atoms with van der Waals surface area (Å²) in [6.07, 6.45) is 0. The molecule has 0 unspecified atom stereocenters. The number of nitrogens with zero attached hydrogens (tertiary/aromatic N) is 1. The van der Waals surface area contributed by atoms with Crippen LogP contribution in [0.2, 0.25) is 0 Å². The molecule has 0 saturated heterocycles. The van der Waals surface area contributed by atoms with Crippen LogP contribution in [0.4, 0.5) is 0 Å². The predicted octanol–water partition coefficient (Wildman–Crippen LogP) is 0.590. The summed E-state index contributed by atoms with van der Waals surface area (Å²) in [5.74, 6) is 0.636. The van der Waals surface area contributed by atoms with Crippen LogP contribution in [-0.2, 0) is 11.3 Å². The van der Waals surface area contributed by atoms with Crippen LogP contribution >= 0.6 is 0 Å². The Balaban J connectivity index is 2.55. The van der Waals surface area contributed by atoms with Gasteiger partial charge in [-0.05, 0) is 27.1 Å². The number of amides is 1. The number of ether oxygens (including phenoxy) is 1. The maximum Gasteiger partial charge on any atom is 0.236 e. The zero-order chi connectivity index (χ0) is 14.3. The average molecular weight is 265 g/mol. The van der Waals surface area contributed by atoms with Gasteiger partial charge in [0.25, 0.3) is 0 Å². The van der Waals surface area contributed by atoms with Crippen LogP contribution in [0.1, 0.15) is 12.5 Å². The Morgan fingerprint density at radius 1 is 1.42 bits per heavy atom. The predicted molar refractivity (Wildman–Crippen MR) is 76.0 cm³/mol. The van der Waals surface area contributed by atoms with Crippen molar-refractivity contribution < 1.29 is 9.53 Å². The number of rotatable bonds is 7. The lowest BCUT2D eigenvalue weighted by Gasteiger charge is -2.15. The zero-order valence-corrected chi connectivity index (χ0v) is 11.8. The van der Waals surface area contributed by atoms with Gasteiger partial charge in [-0.1, -0.05) is 18.2 Å². The zero-order valence-electron chi connectivity index (χ0n) is 11.8. The lowest BCUT2D eigenvalue weighted by molar-refractivity contribution is -0.122. The number of benzene rings is 1. The smallest absolute Gasteiger partial charge is 0.236 e. The standard InChI is InChI=1S/C14H23N3O2/c1-11(15)14(18)16-10-12-6-4-5-7-13(12)19-9-8-17(2)3/h4-7,11H,8-10,15H2,1-3H3,(H,16,18)/t11-/m1/s1. The third-order valence-electron chi connectivity index (χ3n) is 2.64. The summed E-state index contributed by atoms with van der Waals surface area (Å²) < 4.78 is 5.72. The van der Waals surface area contributed by atoms with Gasteiger partial charge in [0, 0.05) is 18.7 Å². The number of likely N-dealkylation sites (N-methyl/N-ethyl adjacent to an activating group) is 1. The molecule has 3 N–H and O–H groups in total. The second-order valence-electron chi connectivity index (χ2n) is 4.77. The fourth-order valence-corrected chi connectivity index (χ4v) is 1.47. The first-order valence-corrected chi connectivity index (χ1v) is 6.39. The van der Waals surface area contributed by atoms with E-state index in [0.29, 0.717) is 13.2 Å². The summed E-state index contributed by atoms with van der Waals surface area (Å²) in [5, 5.41) is 2.78. The third kappa shape index (κ3) is 5.72. The van der Waals surface area contributed by atoms with Crippen molar-refractivity contribution in [1.29, 1.82) is 0 Å². The Bertz CT molecular complexity index is 405. The fraction of sp³-hybridized carbons (Fsp3) is 0.500. The Morgan fingerprint density at radius 3 is 2.74 bits per heavy atom. The monoisotopic (exact) mass is 265 g/mol. The van der Waals surface area contributed by atoms with E-state index in [4.69, 9.17) is 10.5 Å². The van der Waals surface area contributed by atoms with Gasteiger partial charge in [-0.2, -0.15) is 0 Å². The molecule has 1 aromatic rings. The van der Waals surface area contributed by atoms with Crippen molar-refractivity contribution in [2.24, 2.45) is 5.73 Å². The van der Waals surface area contributed by atoms with E-state index in [9.17, 15) is 4.79 Å². The van der Waals surface area contributed by atoms with E-state index < -0.39 is 6.04 Å². The molecule has 5 nitrogen and oxygen atoms in total. The highest BCUT2D eigenvalue weighted by atomic mass is 16.5. The quantitative estimate of drug-likeness (QED) is 0.757. The number of carbonyl (C=O) groups is 1.